The lowest BCUT2D eigenvalue weighted by molar-refractivity contribution is -0.137. The number of nitrogens with zero attached hydrogens (tertiary/aromatic N) is 1. The fourth-order valence-corrected chi connectivity index (χ4v) is 2.46. The number of carbonyl (C=O) groups excluding carboxylic acids is 1. The summed E-state index contributed by atoms with van der Waals surface area (Å²) >= 11 is 5.14. The monoisotopic (exact) mass is 292 g/mol. The van der Waals surface area contributed by atoms with Crippen molar-refractivity contribution < 1.29 is 14.7 Å². The van der Waals surface area contributed by atoms with E-state index in [0.29, 0.717) is 11.7 Å². The quantitative estimate of drug-likeness (QED) is 0.771. The van der Waals surface area contributed by atoms with Gasteiger partial charge in [-0.1, -0.05) is 30.3 Å². The predicted octanol–water partition coefficient (Wildman–Crippen LogP) is 1.18. The average molecular weight is 292 g/mol. The fraction of sp³-hybridized carbons (Fsp3) is 0.357. The molecule has 1 aliphatic heterocycles. The first kappa shape index (κ1) is 14.5. The molecule has 106 valence electrons. The van der Waals surface area contributed by atoms with Crippen LogP contribution in [-0.2, 0) is 16.0 Å². The summed E-state index contributed by atoms with van der Waals surface area (Å²) in [4.78, 5) is 24.2. The Hall–Kier alpha value is -1.95. The van der Waals surface area contributed by atoms with Crippen LogP contribution in [0.4, 0.5) is 0 Å². The standard InChI is InChI=1S/C14H16N2O3S/c17-12(18)7-6-11-13(19)16(14(20)15-11)9-8-10-4-2-1-3-5-10/h1-5,11H,6-9H2,(H,15,20)(H,17,18)/t11-/m1/s1. The summed E-state index contributed by atoms with van der Waals surface area (Å²) in [6.07, 6.45) is 0.939. The summed E-state index contributed by atoms with van der Waals surface area (Å²) in [5.41, 5.74) is 1.14. The minimum atomic E-state index is -0.909. The lowest BCUT2D eigenvalue weighted by Crippen LogP contribution is -2.33. The number of carbonyl (C=O) groups is 2. The molecule has 1 saturated heterocycles. The highest BCUT2D eigenvalue weighted by Crippen LogP contribution is 2.12. The summed E-state index contributed by atoms with van der Waals surface area (Å²) in [5, 5.41) is 11.9. The van der Waals surface area contributed by atoms with E-state index in [1.54, 1.807) is 0 Å². The molecule has 1 aromatic rings. The van der Waals surface area contributed by atoms with Gasteiger partial charge >= 0.3 is 5.97 Å². The van der Waals surface area contributed by atoms with Crippen molar-refractivity contribution in [1.82, 2.24) is 10.2 Å². The van der Waals surface area contributed by atoms with Gasteiger partial charge in [-0.15, -0.1) is 0 Å². The van der Waals surface area contributed by atoms with E-state index in [9.17, 15) is 9.59 Å². The number of carboxylic acids is 1. The van der Waals surface area contributed by atoms with Gasteiger partial charge in [0.25, 0.3) is 5.91 Å². The van der Waals surface area contributed by atoms with Crippen LogP contribution in [-0.4, -0.2) is 39.6 Å². The van der Waals surface area contributed by atoms with Crippen LogP contribution in [0.3, 0.4) is 0 Å². The molecular formula is C14H16N2O3S. The lowest BCUT2D eigenvalue weighted by atomic mass is 10.1. The van der Waals surface area contributed by atoms with E-state index in [4.69, 9.17) is 17.3 Å². The Morgan fingerprint density at radius 1 is 1.35 bits per heavy atom. The molecule has 0 unspecified atom stereocenters. The van der Waals surface area contributed by atoms with Gasteiger partial charge in [0, 0.05) is 13.0 Å². The van der Waals surface area contributed by atoms with Crippen LogP contribution in [0.15, 0.2) is 30.3 Å². The molecule has 1 heterocycles. The van der Waals surface area contributed by atoms with E-state index < -0.39 is 12.0 Å². The van der Waals surface area contributed by atoms with Crippen LogP contribution in [0.1, 0.15) is 18.4 Å². The van der Waals surface area contributed by atoms with Gasteiger partial charge in [-0.05, 0) is 30.6 Å². The van der Waals surface area contributed by atoms with E-state index in [0.717, 1.165) is 12.0 Å². The third-order valence-electron chi connectivity index (χ3n) is 3.22. The van der Waals surface area contributed by atoms with Gasteiger partial charge in [0.15, 0.2) is 5.11 Å². The fourth-order valence-electron chi connectivity index (χ4n) is 2.14. The molecule has 0 spiro atoms. The second-order valence-corrected chi connectivity index (χ2v) is 5.05. The molecule has 1 aliphatic rings. The molecule has 2 rings (SSSR count). The van der Waals surface area contributed by atoms with Crippen molar-refractivity contribution in [3.8, 4) is 0 Å². The van der Waals surface area contributed by atoms with Gasteiger partial charge in [0.05, 0.1) is 0 Å². The van der Waals surface area contributed by atoms with Crippen LogP contribution in [0.2, 0.25) is 0 Å². The Kier molecular flexibility index (Phi) is 4.68. The highest BCUT2D eigenvalue weighted by atomic mass is 32.1. The van der Waals surface area contributed by atoms with Crippen LogP contribution in [0.5, 0.6) is 0 Å². The van der Waals surface area contributed by atoms with Crippen LogP contribution < -0.4 is 5.32 Å². The largest absolute Gasteiger partial charge is 0.481 e. The zero-order valence-corrected chi connectivity index (χ0v) is 11.7. The van der Waals surface area contributed by atoms with Crippen molar-refractivity contribution in [2.45, 2.75) is 25.3 Å². The third-order valence-corrected chi connectivity index (χ3v) is 3.56. The smallest absolute Gasteiger partial charge is 0.303 e. The Morgan fingerprint density at radius 2 is 2.05 bits per heavy atom. The van der Waals surface area contributed by atoms with E-state index in [1.165, 1.54) is 4.90 Å². The maximum atomic E-state index is 12.1. The number of benzene rings is 1. The van der Waals surface area contributed by atoms with Gasteiger partial charge in [-0.3, -0.25) is 14.5 Å². The second kappa shape index (κ2) is 6.47. The molecule has 0 saturated carbocycles. The van der Waals surface area contributed by atoms with Crippen LogP contribution in [0.25, 0.3) is 0 Å². The van der Waals surface area contributed by atoms with Gasteiger partial charge in [0.1, 0.15) is 6.04 Å². The Morgan fingerprint density at radius 3 is 2.70 bits per heavy atom. The number of hydrogen-bond acceptors (Lipinski definition) is 3. The van der Waals surface area contributed by atoms with Crippen molar-refractivity contribution in [2.24, 2.45) is 0 Å². The number of nitrogens with one attached hydrogen (secondary N) is 1. The number of thiocarbonyl (C=S) groups is 1. The molecule has 0 bridgehead atoms. The summed E-state index contributed by atoms with van der Waals surface area (Å²) in [6.45, 7) is 0.512. The number of amides is 1. The second-order valence-electron chi connectivity index (χ2n) is 4.66. The first-order chi connectivity index (χ1) is 9.58. The number of aliphatic carboxylic acids is 1. The van der Waals surface area contributed by atoms with Crippen molar-refractivity contribution in [3.63, 3.8) is 0 Å². The molecule has 6 heteroatoms. The maximum Gasteiger partial charge on any atom is 0.303 e. The Labute approximate surface area is 122 Å². The Balaban J connectivity index is 1.90. The minimum Gasteiger partial charge on any atom is -0.481 e. The molecule has 0 aromatic heterocycles. The lowest BCUT2D eigenvalue weighted by Gasteiger charge is -2.14. The molecule has 5 nitrogen and oxygen atoms in total. The van der Waals surface area contributed by atoms with E-state index in [1.807, 2.05) is 30.3 Å². The molecule has 2 N–H and O–H groups in total. The first-order valence-corrected chi connectivity index (χ1v) is 6.86. The summed E-state index contributed by atoms with van der Waals surface area (Å²) in [6, 6.07) is 9.34. The van der Waals surface area contributed by atoms with Gasteiger partial charge in [-0.25, -0.2) is 0 Å². The molecule has 1 amide bonds. The molecule has 20 heavy (non-hydrogen) atoms. The SMILES string of the molecule is O=C(O)CC[C@H]1NC(=S)N(CCc2ccccc2)C1=O. The molecule has 1 atom stereocenters. The van der Waals surface area contributed by atoms with Crippen LogP contribution >= 0.6 is 12.2 Å². The van der Waals surface area contributed by atoms with Gasteiger partial charge in [0.2, 0.25) is 0 Å². The summed E-state index contributed by atoms with van der Waals surface area (Å²) in [7, 11) is 0. The third kappa shape index (κ3) is 3.54. The van der Waals surface area contributed by atoms with Crippen molar-refractivity contribution in [2.75, 3.05) is 6.54 Å². The first-order valence-electron chi connectivity index (χ1n) is 6.45. The molecule has 0 radical (unpaired) electrons. The van der Waals surface area contributed by atoms with Gasteiger partial charge < -0.3 is 10.4 Å². The van der Waals surface area contributed by atoms with Crippen molar-refractivity contribution in [3.05, 3.63) is 35.9 Å². The topological polar surface area (TPSA) is 69.6 Å². The van der Waals surface area contributed by atoms with Crippen molar-refractivity contribution in [1.29, 1.82) is 0 Å². The maximum absolute atomic E-state index is 12.1. The number of carboxylic acid groups (broad SMARTS) is 1. The zero-order chi connectivity index (χ0) is 14.5. The van der Waals surface area contributed by atoms with E-state index >= 15 is 0 Å². The number of hydrogen-bond donors (Lipinski definition) is 2. The molecule has 0 aliphatic carbocycles. The highest BCUT2D eigenvalue weighted by molar-refractivity contribution is 7.80. The van der Waals surface area contributed by atoms with Crippen molar-refractivity contribution >= 4 is 29.2 Å². The molecular weight excluding hydrogens is 276 g/mol. The van der Waals surface area contributed by atoms with E-state index in [-0.39, 0.29) is 18.7 Å². The average Bonchev–Trinajstić information content (AvgIpc) is 2.70. The molecule has 1 fully saturated rings. The summed E-state index contributed by atoms with van der Waals surface area (Å²) < 4.78 is 0. The minimum absolute atomic E-state index is 0.0431. The normalized spacial score (nSPS) is 18.2. The van der Waals surface area contributed by atoms with Crippen LogP contribution in [0, 0.1) is 0 Å². The summed E-state index contributed by atoms with van der Waals surface area (Å²) in [5.74, 6) is -1.04. The van der Waals surface area contributed by atoms with Gasteiger partial charge in [-0.2, -0.15) is 0 Å². The highest BCUT2D eigenvalue weighted by Gasteiger charge is 2.34. The Bertz CT molecular complexity index is 518. The zero-order valence-electron chi connectivity index (χ0n) is 10.9. The van der Waals surface area contributed by atoms with E-state index in [2.05, 4.69) is 5.32 Å². The molecule has 1 aromatic carbocycles. The predicted molar refractivity (Wildman–Crippen MR) is 78.3 cm³/mol. The number of rotatable bonds is 6.